The summed E-state index contributed by atoms with van der Waals surface area (Å²) in [7, 11) is 1.89. The van der Waals surface area contributed by atoms with Gasteiger partial charge >= 0.3 is 0 Å². The van der Waals surface area contributed by atoms with Crippen LogP contribution in [0.25, 0.3) is 11.0 Å². The smallest absolute Gasteiger partial charge is 0.229 e. The highest BCUT2D eigenvalue weighted by Crippen LogP contribution is 2.27. The fraction of sp³-hybridized carbons (Fsp3) is 0.261. The zero-order chi connectivity index (χ0) is 21.4. The lowest BCUT2D eigenvalue weighted by molar-refractivity contribution is 0.623. The fourth-order valence-corrected chi connectivity index (χ4v) is 3.92. The number of nitrogens with zero attached hydrogens (tertiary/aromatic N) is 6. The first-order chi connectivity index (χ1) is 15.1. The summed E-state index contributed by atoms with van der Waals surface area (Å²) >= 11 is 0. The monoisotopic (exact) mass is 417 g/mol. The largest absolute Gasteiger partial charge is 0.368 e. The van der Waals surface area contributed by atoms with E-state index in [2.05, 4.69) is 39.3 Å². The second kappa shape index (κ2) is 7.86. The number of aromatic nitrogens is 4. The number of aryl methyl sites for hydroxylation is 2. The third kappa shape index (κ3) is 3.88. The molecule has 0 bridgehead atoms. The molecule has 8 heteroatoms. The highest BCUT2D eigenvalue weighted by molar-refractivity contribution is 5.89. The molecule has 0 spiro atoms. The van der Waals surface area contributed by atoms with E-state index in [1.807, 2.05) is 31.3 Å². The average Bonchev–Trinajstić information content (AvgIpc) is 3.16. The fourth-order valence-electron chi connectivity index (χ4n) is 3.92. The van der Waals surface area contributed by atoms with Gasteiger partial charge in [-0.3, -0.25) is 4.68 Å². The van der Waals surface area contributed by atoms with Crippen molar-refractivity contribution in [2.24, 2.45) is 7.05 Å². The lowest BCUT2D eigenvalue weighted by atomic mass is 10.2. The van der Waals surface area contributed by atoms with E-state index < -0.39 is 0 Å². The molecule has 1 saturated heterocycles. The van der Waals surface area contributed by atoms with Gasteiger partial charge in [0.2, 0.25) is 5.95 Å². The van der Waals surface area contributed by atoms with Crippen LogP contribution < -0.4 is 15.1 Å². The van der Waals surface area contributed by atoms with Crippen molar-refractivity contribution in [3.8, 4) is 0 Å². The number of nitrogens with one attached hydrogen (secondary N) is 1. The number of hydrogen-bond donors (Lipinski definition) is 1. The van der Waals surface area contributed by atoms with Gasteiger partial charge in [-0.1, -0.05) is 12.1 Å². The molecule has 158 valence electrons. The van der Waals surface area contributed by atoms with E-state index in [1.54, 1.807) is 10.9 Å². The maximum Gasteiger partial charge on any atom is 0.229 e. The van der Waals surface area contributed by atoms with Crippen LogP contribution >= 0.6 is 0 Å². The molecule has 0 amide bonds. The van der Waals surface area contributed by atoms with Gasteiger partial charge in [-0.15, -0.1) is 0 Å². The van der Waals surface area contributed by atoms with Crippen LogP contribution in [0.3, 0.4) is 0 Å². The Labute approximate surface area is 180 Å². The minimum Gasteiger partial charge on any atom is -0.368 e. The quantitative estimate of drug-likeness (QED) is 0.544. The maximum atomic E-state index is 13.2. The summed E-state index contributed by atoms with van der Waals surface area (Å²) in [5.74, 6) is 1.22. The van der Waals surface area contributed by atoms with Crippen molar-refractivity contribution < 1.29 is 4.39 Å². The van der Waals surface area contributed by atoms with Gasteiger partial charge in [0.15, 0.2) is 5.65 Å². The van der Waals surface area contributed by atoms with Crippen molar-refractivity contribution in [3.63, 3.8) is 0 Å². The van der Waals surface area contributed by atoms with Crippen LogP contribution in [0.15, 0.2) is 54.7 Å². The molecule has 5 rings (SSSR count). The predicted molar refractivity (Wildman–Crippen MR) is 122 cm³/mol. The summed E-state index contributed by atoms with van der Waals surface area (Å²) in [6.07, 6.45) is 1.80. The number of fused-ring (bicyclic) bond motifs is 1. The molecule has 31 heavy (non-hydrogen) atoms. The van der Waals surface area contributed by atoms with E-state index in [-0.39, 0.29) is 5.82 Å². The second-order valence-corrected chi connectivity index (χ2v) is 7.82. The molecule has 3 heterocycles. The van der Waals surface area contributed by atoms with Gasteiger partial charge in [-0.05, 0) is 48.9 Å². The lowest BCUT2D eigenvalue weighted by Gasteiger charge is -2.36. The van der Waals surface area contributed by atoms with Crippen molar-refractivity contribution in [2.75, 3.05) is 41.3 Å². The molecule has 2 aromatic heterocycles. The predicted octanol–water partition coefficient (Wildman–Crippen LogP) is 3.88. The minimum atomic E-state index is -0.214. The normalized spacial score (nSPS) is 14.3. The molecule has 0 unspecified atom stereocenters. The second-order valence-electron chi connectivity index (χ2n) is 7.82. The average molecular weight is 417 g/mol. The van der Waals surface area contributed by atoms with Crippen molar-refractivity contribution in [1.29, 1.82) is 0 Å². The molecule has 0 saturated carbocycles. The van der Waals surface area contributed by atoms with Crippen LogP contribution in [0.5, 0.6) is 0 Å². The van der Waals surface area contributed by atoms with Crippen LogP contribution in [0, 0.1) is 12.7 Å². The Morgan fingerprint density at radius 2 is 1.68 bits per heavy atom. The van der Waals surface area contributed by atoms with Gasteiger partial charge in [-0.25, -0.2) is 4.39 Å². The minimum absolute atomic E-state index is 0.214. The van der Waals surface area contributed by atoms with E-state index >= 15 is 0 Å². The first-order valence-electron chi connectivity index (χ1n) is 10.4. The Morgan fingerprint density at radius 3 is 2.42 bits per heavy atom. The van der Waals surface area contributed by atoms with E-state index in [0.717, 1.165) is 54.4 Å². The number of piperazine rings is 1. The Hall–Kier alpha value is -3.68. The van der Waals surface area contributed by atoms with Crippen molar-refractivity contribution in [3.05, 3.63) is 66.1 Å². The number of rotatable bonds is 4. The Bertz CT molecular complexity index is 1210. The van der Waals surface area contributed by atoms with E-state index in [9.17, 15) is 4.39 Å². The van der Waals surface area contributed by atoms with Gasteiger partial charge < -0.3 is 15.1 Å². The first kappa shape index (κ1) is 19.3. The molecule has 4 aromatic rings. The molecule has 0 radical (unpaired) electrons. The summed E-state index contributed by atoms with van der Waals surface area (Å²) in [5, 5.41) is 8.71. The first-order valence-corrected chi connectivity index (χ1v) is 10.4. The Kier molecular flexibility index (Phi) is 4.89. The van der Waals surface area contributed by atoms with Gasteiger partial charge in [0.05, 0.1) is 11.6 Å². The standard InChI is InChI=1S/C23H24FN7/c1-16-4-3-5-18(14-16)26-21-20-15-25-29(2)22(20)28-23(27-21)31-12-10-30(11-13-31)19-8-6-17(24)7-9-19/h3-9,14-15H,10-13H2,1-2H3,(H,26,27,28). The van der Waals surface area contributed by atoms with Gasteiger partial charge in [0, 0.05) is 44.6 Å². The van der Waals surface area contributed by atoms with Gasteiger partial charge in [0.25, 0.3) is 0 Å². The molecular weight excluding hydrogens is 393 g/mol. The van der Waals surface area contributed by atoms with Gasteiger partial charge in [-0.2, -0.15) is 15.1 Å². The zero-order valence-corrected chi connectivity index (χ0v) is 17.6. The number of halogens is 1. The topological polar surface area (TPSA) is 62.1 Å². The number of hydrogen-bond acceptors (Lipinski definition) is 6. The third-order valence-corrected chi connectivity index (χ3v) is 5.62. The van der Waals surface area contributed by atoms with Crippen LogP contribution in [-0.4, -0.2) is 45.9 Å². The van der Waals surface area contributed by atoms with Crippen molar-refractivity contribution in [1.82, 2.24) is 19.7 Å². The number of anilines is 4. The highest BCUT2D eigenvalue weighted by atomic mass is 19.1. The molecule has 1 aliphatic heterocycles. The molecule has 0 atom stereocenters. The van der Waals surface area contributed by atoms with Crippen LogP contribution in [0.1, 0.15) is 5.56 Å². The van der Waals surface area contributed by atoms with Crippen LogP contribution in [-0.2, 0) is 7.05 Å². The van der Waals surface area contributed by atoms with E-state index in [0.29, 0.717) is 5.95 Å². The molecule has 1 fully saturated rings. The Balaban J connectivity index is 1.41. The summed E-state index contributed by atoms with van der Waals surface area (Å²) in [6, 6.07) is 14.9. The SMILES string of the molecule is Cc1cccc(Nc2nc(N3CCN(c4ccc(F)cc4)CC3)nc3c2cnn3C)c1. The summed E-state index contributed by atoms with van der Waals surface area (Å²) in [4.78, 5) is 14.1. The summed E-state index contributed by atoms with van der Waals surface area (Å²) in [5.41, 5.74) is 3.99. The zero-order valence-electron chi connectivity index (χ0n) is 17.6. The van der Waals surface area contributed by atoms with Crippen LogP contribution in [0.4, 0.5) is 27.5 Å². The Morgan fingerprint density at radius 1 is 0.935 bits per heavy atom. The molecule has 7 nitrogen and oxygen atoms in total. The third-order valence-electron chi connectivity index (χ3n) is 5.62. The van der Waals surface area contributed by atoms with Crippen molar-refractivity contribution >= 4 is 34.2 Å². The molecule has 1 N–H and O–H groups in total. The summed E-state index contributed by atoms with van der Waals surface area (Å²) < 4.78 is 15.0. The molecule has 2 aromatic carbocycles. The number of benzene rings is 2. The molecular formula is C23H24FN7. The summed E-state index contributed by atoms with van der Waals surface area (Å²) in [6.45, 7) is 5.27. The molecule has 0 aliphatic carbocycles. The van der Waals surface area contributed by atoms with E-state index in [4.69, 9.17) is 9.97 Å². The lowest BCUT2D eigenvalue weighted by Crippen LogP contribution is -2.47. The van der Waals surface area contributed by atoms with Crippen molar-refractivity contribution in [2.45, 2.75) is 6.92 Å². The molecule has 1 aliphatic rings. The van der Waals surface area contributed by atoms with E-state index in [1.165, 1.54) is 17.7 Å². The van der Waals surface area contributed by atoms with Gasteiger partial charge in [0.1, 0.15) is 11.6 Å². The maximum absolute atomic E-state index is 13.2. The highest BCUT2D eigenvalue weighted by Gasteiger charge is 2.22. The van der Waals surface area contributed by atoms with Crippen LogP contribution in [0.2, 0.25) is 0 Å².